The van der Waals surface area contributed by atoms with E-state index < -0.39 is 0 Å². The monoisotopic (exact) mass is 335 g/mol. The van der Waals surface area contributed by atoms with Gasteiger partial charge in [-0.3, -0.25) is 0 Å². The van der Waals surface area contributed by atoms with Crippen LogP contribution in [-0.4, -0.2) is 9.97 Å². The second-order valence-electron chi connectivity index (χ2n) is 4.77. The molecule has 2 rings (SSSR count). The first-order valence-corrected chi connectivity index (χ1v) is 7.36. The molecular weight excluding hydrogens is 318 g/mol. The molecule has 2 aromatic rings. The average Bonchev–Trinajstić information content (AvgIpc) is 2.40. The lowest BCUT2D eigenvalue weighted by molar-refractivity contribution is 0.454. The van der Waals surface area contributed by atoms with Crippen LogP contribution in [-0.2, 0) is 6.42 Å². The van der Waals surface area contributed by atoms with Crippen LogP contribution in [0.4, 0.5) is 5.82 Å². The van der Waals surface area contributed by atoms with Gasteiger partial charge >= 0.3 is 0 Å². The van der Waals surface area contributed by atoms with Gasteiger partial charge < -0.3 is 10.5 Å². The lowest BCUT2D eigenvalue weighted by Crippen LogP contribution is -2.03. The van der Waals surface area contributed by atoms with Crippen molar-refractivity contribution in [1.29, 1.82) is 0 Å². The lowest BCUT2D eigenvalue weighted by Gasteiger charge is -2.12. The summed E-state index contributed by atoms with van der Waals surface area (Å²) in [6, 6.07) is 3.95. The number of nitrogen functional groups attached to an aromatic ring is 1. The number of nitrogens with two attached hydrogens (primary N) is 1. The molecule has 0 aliphatic rings. The number of aryl methyl sites for hydroxylation is 2. The molecule has 20 heavy (non-hydrogen) atoms. The molecule has 0 spiro atoms. The highest BCUT2D eigenvalue weighted by Gasteiger charge is 2.12. The molecule has 0 bridgehead atoms. The van der Waals surface area contributed by atoms with Crippen LogP contribution in [0.1, 0.15) is 30.0 Å². The van der Waals surface area contributed by atoms with Gasteiger partial charge in [-0.2, -0.15) is 0 Å². The third-order valence-electron chi connectivity index (χ3n) is 3.06. The number of rotatable bonds is 4. The molecule has 0 unspecified atom stereocenters. The molecule has 0 saturated carbocycles. The Hall–Kier alpha value is -1.62. The molecule has 106 valence electrons. The smallest absolute Gasteiger partial charge is 0.227 e. The van der Waals surface area contributed by atoms with Crippen molar-refractivity contribution >= 4 is 21.7 Å². The average molecular weight is 336 g/mol. The predicted octanol–water partition coefficient (Wildman–Crippen LogP) is 4.18. The number of nitrogens with zero attached hydrogens (tertiary/aromatic N) is 2. The zero-order valence-corrected chi connectivity index (χ0v) is 13.5. The first-order valence-electron chi connectivity index (χ1n) is 6.56. The number of halogens is 1. The van der Waals surface area contributed by atoms with E-state index in [2.05, 4.69) is 32.8 Å². The number of anilines is 1. The number of aromatic nitrogens is 2. The fourth-order valence-electron chi connectivity index (χ4n) is 2.06. The van der Waals surface area contributed by atoms with E-state index in [0.717, 1.165) is 39.8 Å². The summed E-state index contributed by atoms with van der Waals surface area (Å²) in [4.78, 5) is 8.24. The summed E-state index contributed by atoms with van der Waals surface area (Å²) in [5.41, 5.74) is 9.02. The van der Waals surface area contributed by atoms with E-state index in [1.54, 1.807) is 0 Å². The third-order valence-corrected chi connectivity index (χ3v) is 4.31. The van der Waals surface area contributed by atoms with Gasteiger partial charge in [0.1, 0.15) is 17.9 Å². The van der Waals surface area contributed by atoms with Gasteiger partial charge in [-0.25, -0.2) is 9.97 Å². The van der Waals surface area contributed by atoms with Crippen molar-refractivity contribution in [2.24, 2.45) is 0 Å². The Morgan fingerprint density at radius 3 is 2.45 bits per heavy atom. The van der Waals surface area contributed by atoms with Crippen LogP contribution in [0.5, 0.6) is 11.6 Å². The molecule has 0 aliphatic heterocycles. The second kappa shape index (κ2) is 6.22. The Morgan fingerprint density at radius 2 is 1.85 bits per heavy atom. The molecule has 0 atom stereocenters. The highest BCUT2D eigenvalue weighted by Crippen LogP contribution is 2.31. The molecule has 0 aliphatic carbocycles. The maximum atomic E-state index is 5.91. The van der Waals surface area contributed by atoms with Crippen molar-refractivity contribution in [3.05, 3.63) is 39.6 Å². The van der Waals surface area contributed by atoms with Crippen LogP contribution in [0.15, 0.2) is 22.9 Å². The molecule has 0 fully saturated rings. The number of benzene rings is 1. The van der Waals surface area contributed by atoms with Gasteiger partial charge in [-0.15, -0.1) is 0 Å². The third kappa shape index (κ3) is 3.10. The van der Waals surface area contributed by atoms with Crippen molar-refractivity contribution in [3.8, 4) is 11.6 Å². The first-order chi connectivity index (χ1) is 9.52. The van der Waals surface area contributed by atoms with Gasteiger partial charge in [-0.05, 0) is 43.5 Å². The molecule has 1 aromatic heterocycles. The van der Waals surface area contributed by atoms with E-state index in [-0.39, 0.29) is 0 Å². The fraction of sp³-hybridized carbons (Fsp3) is 0.333. The summed E-state index contributed by atoms with van der Waals surface area (Å²) in [7, 11) is 0. The van der Waals surface area contributed by atoms with Crippen LogP contribution in [0.25, 0.3) is 0 Å². The van der Waals surface area contributed by atoms with Crippen LogP contribution in [0.2, 0.25) is 0 Å². The Morgan fingerprint density at radius 1 is 1.20 bits per heavy atom. The Bertz CT molecular complexity index is 606. The number of ether oxygens (including phenoxy) is 1. The molecular formula is C15H18BrN3O. The maximum absolute atomic E-state index is 5.91. The SMILES string of the molecule is CCCc1c(N)ncnc1Oc1cc(C)c(Br)c(C)c1. The standard InChI is InChI=1S/C15H18BrN3O/c1-4-5-12-14(17)18-8-19-15(12)20-11-6-9(2)13(16)10(3)7-11/h6-8H,4-5H2,1-3H3,(H2,17,18,19). The van der Waals surface area contributed by atoms with Crippen molar-refractivity contribution < 1.29 is 4.74 Å². The Labute approximate surface area is 127 Å². The highest BCUT2D eigenvalue weighted by molar-refractivity contribution is 9.10. The number of hydrogen-bond acceptors (Lipinski definition) is 4. The molecule has 1 aromatic carbocycles. The van der Waals surface area contributed by atoms with Gasteiger partial charge in [0.15, 0.2) is 0 Å². The second-order valence-corrected chi connectivity index (χ2v) is 5.56. The summed E-state index contributed by atoms with van der Waals surface area (Å²) in [6.07, 6.45) is 3.20. The zero-order chi connectivity index (χ0) is 14.7. The molecule has 5 heteroatoms. The van der Waals surface area contributed by atoms with Gasteiger partial charge in [0.2, 0.25) is 5.88 Å². The topological polar surface area (TPSA) is 61.0 Å². The predicted molar refractivity (Wildman–Crippen MR) is 84.1 cm³/mol. The minimum absolute atomic E-state index is 0.488. The van der Waals surface area contributed by atoms with Crippen LogP contribution in [0, 0.1) is 13.8 Å². The van der Waals surface area contributed by atoms with E-state index in [9.17, 15) is 0 Å². The van der Waals surface area contributed by atoms with Crippen LogP contribution in [0.3, 0.4) is 0 Å². The van der Waals surface area contributed by atoms with E-state index >= 15 is 0 Å². The molecule has 1 heterocycles. The van der Waals surface area contributed by atoms with Crippen molar-refractivity contribution in [2.75, 3.05) is 5.73 Å². The quantitative estimate of drug-likeness (QED) is 0.910. The Balaban J connectivity index is 2.37. The van der Waals surface area contributed by atoms with E-state index in [0.29, 0.717) is 11.7 Å². The molecule has 2 N–H and O–H groups in total. The zero-order valence-electron chi connectivity index (χ0n) is 11.9. The minimum atomic E-state index is 0.488. The molecule has 4 nitrogen and oxygen atoms in total. The van der Waals surface area contributed by atoms with Crippen molar-refractivity contribution in [3.63, 3.8) is 0 Å². The lowest BCUT2D eigenvalue weighted by atomic mass is 10.1. The molecule has 0 amide bonds. The molecule has 0 radical (unpaired) electrons. The maximum Gasteiger partial charge on any atom is 0.227 e. The summed E-state index contributed by atoms with van der Waals surface area (Å²) in [5, 5.41) is 0. The van der Waals surface area contributed by atoms with Gasteiger partial charge in [0.05, 0.1) is 5.56 Å². The van der Waals surface area contributed by atoms with Crippen LogP contribution >= 0.6 is 15.9 Å². The van der Waals surface area contributed by atoms with E-state index in [1.807, 2.05) is 26.0 Å². The molecule has 0 saturated heterocycles. The minimum Gasteiger partial charge on any atom is -0.439 e. The fourth-order valence-corrected chi connectivity index (χ4v) is 2.29. The summed E-state index contributed by atoms with van der Waals surface area (Å²) in [6.45, 7) is 6.15. The normalized spacial score (nSPS) is 10.6. The number of hydrogen-bond donors (Lipinski definition) is 1. The van der Waals surface area contributed by atoms with E-state index in [1.165, 1.54) is 6.33 Å². The van der Waals surface area contributed by atoms with Gasteiger partial charge in [-0.1, -0.05) is 29.3 Å². The van der Waals surface area contributed by atoms with Crippen molar-refractivity contribution in [1.82, 2.24) is 9.97 Å². The van der Waals surface area contributed by atoms with Gasteiger partial charge in [0, 0.05) is 4.47 Å². The summed E-state index contributed by atoms with van der Waals surface area (Å²) >= 11 is 3.55. The highest BCUT2D eigenvalue weighted by atomic mass is 79.9. The Kier molecular flexibility index (Phi) is 4.60. The van der Waals surface area contributed by atoms with E-state index in [4.69, 9.17) is 10.5 Å². The largest absolute Gasteiger partial charge is 0.439 e. The summed E-state index contributed by atoms with van der Waals surface area (Å²) in [5.74, 6) is 1.79. The van der Waals surface area contributed by atoms with Gasteiger partial charge in [0.25, 0.3) is 0 Å². The summed E-state index contributed by atoms with van der Waals surface area (Å²) < 4.78 is 7.01. The van der Waals surface area contributed by atoms with Crippen molar-refractivity contribution in [2.45, 2.75) is 33.6 Å². The van der Waals surface area contributed by atoms with Crippen LogP contribution < -0.4 is 10.5 Å². The first kappa shape index (κ1) is 14.8.